The van der Waals surface area contributed by atoms with Crippen molar-refractivity contribution in [2.75, 3.05) is 25.0 Å². The fourth-order valence-electron chi connectivity index (χ4n) is 2.55. The quantitative estimate of drug-likeness (QED) is 0.843. The highest BCUT2D eigenvalue weighted by Gasteiger charge is 2.22. The number of hydrogen-bond acceptors (Lipinski definition) is 4. The molecule has 1 fully saturated rings. The van der Waals surface area contributed by atoms with Crippen molar-refractivity contribution in [2.45, 2.75) is 45.6 Å². The summed E-state index contributed by atoms with van der Waals surface area (Å²) >= 11 is 3.46. The van der Waals surface area contributed by atoms with Crippen LogP contribution in [0.2, 0.25) is 0 Å². The summed E-state index contributed by atoms with van der Waals surface area (Å²) in [6.45, 7) is 9.79. The summed E-state index contributed by atoms with van der Waals surface area (Å²) in [7, 11) is 0. The molecule has 1 aromatic heterocycles. The molecule has 0 radical (unpaired) electrons. The molecule has 4 nitrogen and oxygen atoms in total. The summed E-state index contributed by atoms with van der Waals surface area (Å²) in [6.07, 6.45) is 2.59. The number of nitrogens with one attached hydrogen (secondary N) is 1. The summed E-state index contributed by atoms with van der Waals surface area (Å²) in [6, 6.07) is 2.60. The van der Waals surface area contributed by atoms with Crippen LogP contribution in [0.5, 0.6) is 0 Å². The minimum absolute atomic E-state index is 0.344. The lowest BCUT2D eigenvalue weighted by Gasteiger charge is -2.23. The Balaban J connectivity index is 1.99. The van der Waals surface area contributed by atoms with Gasteiger partial charge in [0, 0.05) is 24.6 Å². The number of halogens is 1. The summed E-state index contributed by atoms with van der Waals surface area (Å²) < 4.78 is 0.854. The van der Waals surface area contributed by atoms with Gasteiger partial charge >= 0.3 is 0 Å². The van der Waals surface area contributed by atoms with Gasteiger partial charge in [0.2, 0.25) is 0 Å². The Labute approximate surface area is 124 Å². The average molecular weight is 327 g/mol. The second-order valence-electron chi connectivity index (χ2n) is 5.39. The Kier molecular flexibility index (Phi) is 5.16. The standard InChI is InChI=1S/C14H23BrN4/c1-4-19-7-5-6-11(19)9-16-13-8-12(15)17-14(18-13)10(2)3/h8,10-11H,4-7,9H2,1-3H3,(H,16,17,18). The number of rotatable bonds is 5. The van der Waals surface area contributed by atoms with Crippen molar-refractivity contribution in [3.8, 4) is 0 Å². The molecular weight excluding hydrogens is 304 g/mol. The van der Waals surface area contributed by atoms with E-state index < -0.39 is 0 Å². The van der Waals surface area contributed by atoms with Crippen molar-refractivity contribution in [3.05, 3.63) is 16.5 Å². The highest BCUT2D eigenvalue weighted by molar-refractivity contribution is 9.10. The van der Waals surface area contributed by atoms with Crippen LogP contribution >= 0.6 is 15.9 Å². The second kappa shape index (κ2) is 6.66. The molecule has 2 heterocycles. The van der Waals surface area contributed by atoms with E-state index in [4.69, 9.17) is 0 Å². The first-order valence-corrected chi connectivity index (χ1v) is 7.91. The fraction of sp³-hybridized carbons (Fsp3) is 0.714. The van der Waals surface area contributed by atoms with E-state index >= 15 is 0 Å². The molecule has 1 N–H and O–H groups in total. The van der Waals surface area contributed by atoms with Gasteiger partial charge in [-0.25, -0.2) is 9.97 Å². The highest BCUT2D eigenvalue weighted by atomic mass is 79.9. The first-order valence-electron chi connectivity index (χ1n) is 7.12. The molecule has 0 bridgehead atoms. The first-order chi connectivity index (χ1) is 9.10. The molecule has 1 aliphatic rings. The molecule has 0 aliphatic carbocycles. The predicted octanol–water partition coefficient (Wildman–Crippen LogP) is 3.26. The van der Waals surface area contributed by atoms with E-state index in [2.05, 4.69) is 56.9 Å². The Morgan fingerprint density at radius 3 is 2.95 bits per heavy atom. The molecule has 0 amide bonds. The zero-order valence-electron chi connectivity index (χ0n) is 12.0. The number of likely N-dealkylation sites (tertiary alicyclic amines) is 1. The van der Waals surface area contributed by atoms with E-state index in [-0.39, 0.29) is 0 Å². The van der Waals surface area contributed by atoms with Crippen molar-refractivity contribution >= 4 is 21.7 Å². The highest BCUT2D eigenvalue weighted by Crippen LogP contribution is 2.20. The minimum atomic E-state index is 0.344. The molecular formula is C14H23BrN4. The SMILES string of the molecule is CCN1CCCC1CNc1cc(Br)nc(C(C)C)n1. The van der Waals surface area contributed by atoms with Crippen LogP contribution in [0.25, 0.3) is 0 Å². The maximum Gasteiger partial charge on any atom is 0.134 e. The number of anilines is 1. The van der Waals surface area contributed by atoms with Crippen LogP contribution in [0, 0.1) is 0 Å². The smallest absolute Gasteiger partial charge is 0.134 e. The summed E-state index contributed by atoms with van der Waals surface area (Å²) in [5, 5.41) is 3.46. The molecule has 5 heteroatoms. The van der Waals surface area contributed by atoms with Crippen LogP contribution < -0.4 is 5.32 Å². The molecule has 0 spiro atoms. The molecule has 19 heavy (non-hydrogen) atoms. The van der Waals surface area contributed by atoms with Gasteiger partial charge in [-0.3, -0.25) is 4.90 Å². The normalized spacial score (nSPS) is 20.2. The third kappa shape index (κ3) is 3.89. The number of nitrogens with zero attached hydrogens (tertiary/aromatic N) is 3. The lowest BCUT2D eigenvalue weighted by Crippen LogP contribution is -2.34. The minimum Gasteiger partial charge on any atom is -0.368 e. The topological polar surface area (TPSA) is 41.0 Å². The molecule has 0 aromatic carbocycles. The molecule has 1 aromatic rings. The molecule has 1 atom stereocenters. The van der Waals surface area contributed by atoms with Gasteiger partial charge in [-0.15, -0.1) is 0 Å². The van der Waals surface area contributed by atoms with Gasteiger partial charge in [-0.05, 0) is 41.9 Å². The lowest BCUT2D eigenvalue weighted by atomic mass is 10.2. The van der Waals surface area contributed by atoms with Gasteiger partial charge in [-0.1, -0.05) is 20.8 Å². The van der Waals surface area contributed by atoms with E-state index in [0.717, 1.165) is 29.3 Å². The zero-order valence-corrected chi connectivity index (χ0v) is 13.6. The predicted molar refractivity (Wildman–Crippen MR) is 82.6 cm³/mol. The Morgan fingerprint density at radius 1 is 1.47 bits per heavy atom. The van der Waals surface area contributed by atoms with E-state index in [1.54, 1.807) is 0 Å². The van der Waals surface area contributed by atoms with Crippen molar-refractivity contribution in [2.24, 2.45) is 0 Å². The number of hydrogen-bond donors (Lipinski definition) is 1. The third-order valence-corrected chi connectivity index (χ3v) is 4.06. The molecule has 1 saturated heterocycles. The molecule has 0 saturated carbocycles. The lowest BCUT2D eigenvalue weighted by molar-refractivity contribution is 0.277. The zero-order chi connectivity index (χ0) is 13.8. The van der Waals surface area contributed by atoms with Crippen molar-refractivity contribution in [1.82, 2.24) is 14.9 Å². The summed E-state index contributed by atoms with van der Waals surface area (Å²) in [4.78, 5) is 11.5. The van der Waals surface area contributed by atoms with Gasteiger partial charge in [0.05, 0.1) is 0 Å². The van der Waals surface area contributed by atoms with Gasteiger partial charge in [0.1, 0.15) is 16.2 Å². The Bertz CT molecular complexity index is 422. The molecule has 2 rings (SSSR count). The van der Waals surface area contributed by atoms with E-state index in [1.807, 2.05) is 6.07 Å². The van der Waals surface area contributed by atoms with Crippen LogP contribution in [0.3, 0.4) is 0 Å². The summed E-state index contributed by atoms with van der Waals surface area (Å²) in [5.74, 6) is 2.15. The molecule has 106 valence electrons. The maximum atomic E-state index is 4.57. The largest absolute Gasteiger partial charge is 0.368 e. The Hall–Kier alpha value is -0.680. The van der Waals surface area contributed by atoms with Crippen molar-refractivity contribution < 1.29 is 0 Å². The Morgan fingerprint density at radius 2 is 2.26 bits per heavy atom. The third-order valence-electron chi connectivity index (χ3n) is 3.65. The average Bonchev–Trinajstić information content (AvgIpc) is 2.83. The first kappa shape index (κ1) is 14.7. The second-order valence-corrected chi connectivity index (χ2v) is 6.21. The van der Waals surface area contributed by atoms with E-state index in [1.165, 1.54) is 19.4 Å². The van der Waals surface area contributed by atoms with E-state index in [9.17, 15) is 0 Å². The van der Waals surface area contributed by atoms with Crippen LogP contribution in [0.15, 0.2) is 10.7 Å². The van der Waals surface area contributed by atoms with Gasteiger partial charge in [0.15, 0.2) is 0 Å². The van der Waals surface area contributed by atoms with Crippen LogP contribution in [0.4, 0.5) is 5.82 Å². The number of likely N-dealkylation sites (N-methyl/N-ethyl adjacent to an activating group) is 1. The fourth-order valence-corrected chi connectivity index (χ4v) is 2.95. The number of aromatic nitrogens is 2. The summed E-state index contributed by atoms with van der Waals surface area (Å²) in [5.41, 5.74) is 0. The van der Waals surface area contributed by atoms with Crippen molar-refractivity contribution in [1.29, 1.82) is 0 Å². The van der Waals surface area contributed by atoms with Crippen LogP contribution in [0.1, 0.15) is 45.4 Å². The van der Waals surface area contributed by atoms with Crippen LogP contribution in [-0.4, -0.2) is 40.5 Å². The van der Waals surface area contributed by atoms with Crippen LogP contribution in [-0.2, 0) is 0 Å². The maximum absolute atomic E-state index is 4.57. The van der Waals surface area contributed by atoms with Gasteiger partial charge in [0.25, 0.3) is 0 Å². The molecule has 1 unspecified atom stereocenters. The van der Waals surface area contributed by atoms with E-state index in [0.29, 0.717) is 12.0 Å². The van der Waals surface area contributed by atoms with Gasteiger partial charge in [-0.2, -0.15) is 0 Å². The van der Waals surface area contributed by atoms with Gasteiger partial charge < -0.3 is 5.32 Å². The monoisotopic (exact) mass is 326 g/mol. The van der Waals surface area contributed by atoms with Crippen molar-refractivity contribution in [3.63, 3.8) is 0 Å². The molecule has 1 aliphatic heterocycles.